The number of sulfonamides is 1. The third kappa shape index (κ3) is 6.37. The molecule has 0 amide bonds. The summed E-state index contributed by atoms with van der Waals surface area (Å²) in [7, 11) is -3.23. The molecular weight excluding hydrogens is 516 g/mol. The zero-order valence-electron chi connectivity index (χ0n) is 22.1. The lowest BCUT2D eigenvalue weighted by atomic mass is 10.1. The van der Waals surface area contributed by atoms with Crippen molar-refractivity contribution in [1.29, 1.82) is 5.26 Å². The second-order valence-electron chi connectivity index (χ2n) is 9.81. The van der Waals surface area contributed by atoms with Crippen LogP contribution in [0.4, 0.5) is 17.3 Å². The maximum atomic E-state index is 11.5. The summed E-state index contributed by atoms with van der Waals surface area (Å²) in [6, 6.07) is 13.7. The first kappa shape index (κ1) is 26.6. The molecule has 1 aromatic heterocycles. The van der Waals surface area contributed by atoms with Crippen molar-refractivity contribution in [3.8, 4) is 17.7 Å². The van der Waals surface area contributed by atoms with Gasteiger partial charge in [-0.3, -0.25) is 0 Å². The van der Waals surface area contributed by atoms with E-state index in [-0.39, 0.29) is 6.04 Å². The van der Waals surface area contributed by atoms with Crippen molar-refractivity contribution in [2.45, 2.75) is 39.5 Å². The Labute approximate surface area is 228 Å². The maximum absolute atomic E-state index is 11.5. The monoisotopic (exact) mass is 546 g/mol. The van der Waals surface area contributed by atoms with Crippen molar-refractivity contribution < 1.29 is 17.9 Å². The Morgan fingerprint density at radius 1 is 1.15 bits per heavy atom. The highest BCUT2D eigenvalue weighted by atomic mass is 32.2. The summed E-state index contributed by atoms with van der Waals surface area (Å²) in [5.41, 5.74) is 6.23. The number of fused-ring (bicyclic) bond motifs is 1. The predicted octanol–water partition coefficient (Wildman–Crippen LogP) is 4.32. The van der Waals surface area contributed by atoms with Crippen LogP contribution < -0.4 is 19.7 Å². The van der Waals surface area contributed by atoms with E-state index in [1.807, 2.05) is 56.3 Å². The fourth-order valence-electron chi connectivity index (χ4n) is 4.91. The Bertz CT molecular complexity index is 1540. The van der Waals surface area contributed by atoms with Crippen LogP contribution in [0.1, 0.15) is 34.4 Å². The van der Waals surface area contributed by atoms with Gasteiger partial charge in [-0.05, 0) is 79.4 Å². The van der Waals surface area contributed by atoms with Crippen LogP contribution >= 0.6 is 0 Å². The molecular formula is C28H30N6O4S. The molecule has 2 N–H and O–H groups in total. The number of nitrogens with one attached hydrogen (secondary N) is 2. The molecule has 5 rings (SSSR count). The number of allylic oxidation sites excluding steroid dienone is 1. The minimum Gasteiger partial charge on any atom is -0.438 e. The predicted molar refractivity (Wildman–Crippen MR) is 149 cm³/mol. The molecule has 1 unspecified atom stereocenters. The normalized spacial score (nSPS) is 16.9. The van der Waals surface area contributed by atoms with Gasteiger partial charge in [-0.25, -0.2) is 18.1 Å². The van der Waals surface area contributed by atoms with Crippen LogP contribution in [-0.2, 0) is 28.0 Å². The Balaban J connectivity index is 1.33. The number of rotatable bonds is 8. The molecule has 3 heterocycles. The van der Waals surface area contributed by atoms with Crippen LogP contribution in [0.15, 0.2) is 42.5 Å². The largest absolute Gasteiger partial charge is 0.438 e. The van der Waals surface area contributed by atoms with E-state index in [0.29, 0.717) is 37.3 Å². The fourth-order valence-corrected chi connectivity index (χ4v) is 5.71. The van der Waals surface area contributed by atoms with E-state index in [1.54, 1.807) is 6.08 Å². The highest BCUT2D eigenvalue weighted by molar-refractivity contribution is 7.88. The van der Waals surface area contributed by atoms with Gasteiger partial charge in [-0.2, -0.15) is 10.2 Å². The van der Waals surface area contributed by atoms with Gasteiger partial charge < -0.3 is 19.7 Å². The first-order chi connectivity index (χ1) is 18.7. The second-order valence-corrected chi connectivity index (χ2v) is 11.6. The minimum absolute atomic E-state index is 0.0873. The summed E-state index contributed by atoms with van der Waals surface area (Å²) < 4.78 is 37.8. The molecule has 3 aromatic rings. The molecule has 0 saturated carbocycles. The number of benzene rings is 2. The summed E-state index contributed by atoms with van der Waals surface area (Å²) in [6.45, 7) is 6.10. The highest BCUT2D eigenvalue weighted by Crippen LogP contribution is 2.35. The molecule has 39 heavy (non-hydrogen) atoms. The van der Waals surface area contributed by atoms with Gasteiger partial charge >= 0.3 is 0 Å². The van der Waals surface area contributed by atoms with E-state index in [0.717, 1.165) is 52.3 Å². The molecule has 2 aromatic carbocycles. The van der Waals surface area contributed by atoms with Gasteiger partial charge in [0.15, 0.2) is 0 Å². The molecule has 202 valence electrons. The number of hydrogen-bond acceptors (Lipinski definition) is 9. The standard InChI is InChI=1S/C28H30N6O4S/c1-18-13-20(5-4-11-29)14-19(2)26(18)38-27-24-16-37-17-25(24)31-28(32-27)30-21-6-8-23(9-7-21)34-12-10-22(15-34)33-39(3,35)36/h4-9,13-14,22,33H,10,12,15-17H2,1-3H3,(H,30,31,32)/b5-4+. The zero-order valence-corrected chi connectivity index (χ0v) is 22.9. The lowest BCUT2D eigenvalue weighted by Gasteiger charge is -2.19. The van der Waals surface area contributed by atoms with Crippen molar-refractivity contribution in [2.24, 2.45) is 0 Å². The minimum atomic E-state index is -3.23. The third-order valence-corrected chi connectivity index (χ3v) is 7.39. The summed E-state index contributed by atoms with van der Waals surface area (Å²) >= 11 is 0. The Hall–Kier alpha value is -3.98. The number of aromatic nitrogens is 2. The van der Waals surface area contributed by atoms with E-state index < -0.39 is 10.0 Å². The van der Waals surface area contributed by atoms with Crippen LogP contribution in [0.2, 0.25) is 0 Å². The van der Waals surface area contributed by atoms with Crippen molar-refractivity contribution in [3.05, 3.63) is 70.4 Å². The molecule has 10 nitrogen and oxygen atoms in total. The van der Waals surface area contributed by atoms with Crippen molar-refractivity contribution >= 4 is 33.4 Å². The molecule has 11 heteroatoms. The first-order valence-corrected chi connectivity index (χ1v) is 14.5. The smallest absolute Gasteiger partial charge is 0.230 e. The SMILES string of the molecule is Cc1cc(/C=C/C#N)cc(C)c1Oc1nc(Nc2ccc(N3CCC(NS(C)(=O)=O)C3)cc2)nc2c1COC2. The van der Waals surface area contributed by atoms with Crippen LogP contribution in [0.5, 0.6) is 11.6 Å². The maximum Gasteiger partial charge on any atom is 0.230 e. The average Bonchev–Trinajstić information content (AvgIpc) is 3.54. The first-order valence-electron chi connectivity index (χ1n) is 12.6. The van der Waals surface area contributed by atoms with Crippen molar-refractivity contribution in [3.63, 3.8) is 0 Å². The number of hydrogen-bond donors (Lipinski definition) is 2. The van der Waals surface area contributed by atoms with Crippen LogP contribution in [0, 0.1) is 25.2 Å². The number of nitrogens with zero attached hydrogens (tertiary/aromatic N) is 4. The Morgan fingerprint density at radius 3 is 2.59 bits per heavy atom. The fraction of sp³-hybridized carbons (Fsp3) is 0.321. The topological polar surface area (TPSA) is 129 Å². The molecule has 0 bridgehead atoms. The number of ether oxygens (including phenoxy) is 2. The van der Waals surface area contributed by atoms with E-state index in [4.69, 9.17) is 14.7 Å². The third-order valence-electron chi connectivity index (χ3n) is 6.63. The summed E-state index contributed by atoms with van der Waals surface area (Å²) in [5, 5.41) is 12.1. The molecule has 0 radical (unpaired) electrons. The quantitative estimate of drug-likeness (QED) is 0.397. The highest BCUT2D eigenvalue weighted by Gasteiger charge is 2.25. The Kier molecular flexibility index (Phi) is 7.52. The molecule has 0 aliphatic carbocycles. The molecule has 1 atom stereocenters. The molecule has 2 aliphatic heterocycles. The van der Waals surface area contributed by atoms with Crippen molar-refractivity contribution in [1.82, 2.24) is 14.7 Å². The summed E-state index contributed by atoms with van der Waals surface area (Å²) in [5.74, 6) is 1.57. The lowest BCUT2D eigenvalue weighted by Crippen LogP contribution is -2.36. The Morgan fingerprint density at radius 2 is 1.90 bits per heavy atom. The number of aryl methyl sites for hydroxylation is 2. The molecule has 0 spiro atoms. The lowest BCUT2D eigenvalue weighted by molar-refractivity contribution is 0.132. The molecule has 1 saturated heterocycles. The van der Waals surface area contributed by atoms with Crippen molar-refractivity contribution in [2.75, 3.05) is 29.6 Å². The van der Waals surface area contributed by atoms with E-state index in [1.165, 1.54) is 12.3 Å². The van der Waals surface area contributed by atoms with Crippen LogP contribution in [0.25, 0.3) is 6.08 Å². The van der Waals surface area contributed by atoms with E-state index >= 15 is 0 Å². The molecule has 1 fully saturated rings. The second kappa shape index (κ2) is 11.0. The van der Waals surface area contributed by atoms with E-state index in [2.05, 4.69) is 24.9 Å². The van der Waals surface area contributed by atoms with Gasteiger partial charge in [0.05, 0.1) is 36.8 Å². The van der Waals surface area contributed by atoms with Gasteiger partial charge in [0.25, 0.3) is 0 Å². The number of nitriles is 1. The van der Waals surface area contributed by atoms with Gasteiger partial charge in [0.1, 0.15) is 5.75 Å². The molecule has 2 aliphatic rings. The van der Waals surface area contributed by atoms with E-state index in [9.17, 15) is 8.42 Å². The van der Waals surface area contributed by atoms with Gasteiger partial charge in [-0.15, -0.1) is 0 Å². The van der Waals surface area contributed by atoms with Gasteiger partial charge in [0.2, 0.25) is 21.9 Å². The number of anilines is 3. The van der Waals surface area contributed by atoms with Gasteiger partial charge in [0, 0.05) is 36.6 Å². The van der Waals surface area contributed by atoms with Crippen LogP contribution in [-0.4, -0.2) is 43.8 Å². The van der Waals surface area contributed by atoms with Gasteiger partial charge in [-0.1, -0.05) is 0 Å². The van der Waals surface area contributed by atoms with Crippen LogP contribution in [0.3, 0.4) is 0 Å². The zero-order chi connectivity index (χ0) is 27.6. The average molecular weight is 547 g/mol. The summed E-state index contributed by atoms with van der Waals surface area (Å²) in [4.78, 5) is 11.5. The summed E-state index contributed by atoms with van der Waals surface area (Å²) in [6.07, 6.45) is 5.17.